The van der Waals surface area contributed by atoms with Gasteiger partial charge in [0.25, 0.3) is 0 Å². The second kappa shape index (κ2) is 7.80. The van der Waals surface area contributed by atoms with Crippen molar-refractivity contribution in [3.8, 4) is 5.75 Å². The Hall–Kier alpha value is -1.31. The second-order valence-corrected chi connectivity index (χ2v) is 7.74. The molecular formula is C20H34O2. The van der Waals surface area contributed by atoms with Gasteiger partial charge in [0.05, 0.1) is 0 Å². The molecule has 0 amide bonds. The quantitative estimate of drug-likeness (QED) is 0.796. The van der Waals surface area contributed by atoms with Crippen molar-refractivity contribution in [1.82, 2.24) is 0 Å². The van der Waals surface area contributed by atoms with Gasteiger partial charge < -0.3 is 9.90 Å². The minimum Gasteiger partial charge on any atom is -0.507 e. The standard InChI is InChI=1S/C18H28O2.C2H6/c1-12(19)8-9-13-10-14(17(2,3)4)16(20)15(11-13)18(5,6)7;1-2/h10-11,20H,8-9H2,1-7H3;1-2H3. The fourth-order valence-electron chi connectivity index (χ4n) is 2.30. The SMILES string of the molecule is CC.CC(=O)CCc1cc(C(C)(C)C)c(O)c(C(C)(C)C)c1. The van der Waals surface area contributed by atoms with E-state index in [9.17, 15) is 9.90 Å². The molecule has 0 fully saturated rings. The number of Topliss-reactive ketones (excluding diaryl/α,β-unsaturated/α-hetero) is 1. The Morgan fingerprint density at radius 1 is 0.955 bits per heavy atom. The number of rotatable bonds is 3. The third-order valence-electron chi connectivity index (χ3n) is 3.55. The average Bonchev–Trinajstić information content (AvgIpc) is 2.37. The number of hydrogen-bond acceptors (Lipinski definition) is 2. The average molecular weight is 306 g/mol. The molecule has 0 aliphatic heterocycles. The first-order valence-corrected chi connectivity index (χ1v) is 8.29. The van der Waals surface area contributed by atoms with E-state index in [0.717, 1.165) is 23.1 Å². The zero-order valence-electron chi connectivity index (χ0n) is 15.9. The number of benzene rings is 1. The van der Waals surface area contributed by atoms with Crippen molar-refractivity contribution >= 4 is 5.78 Å². The summed E-state index contributed by atoms with van der Waals surface area (Å²) in [5, 5.41) is 10.6. The van der Waals surface area contributed by atoms with Crippen LogP contribution in [0.5, 0.6) is 5.75 Å². The fraction of sp³-hybridized carbons (Fsp3) is 0.650. The lowest BCUT2D eigenvalue weighted by Crippen LogP contribution is -2.18. The molecule has 0 aromatic heterocycles. The minimum atomic E-state index is -0.115. The van der Waals surface area contributed by atoms with Crippen LogP contribution in [-0.2, 0) is 22.0 Å². The molecule has 2 heteroatoms. The molecule has 0 spiro atoms. The van der Waals surface area contributed by atoms with E-state index >= 15 is 0 Å². The Balaban J connectivity index is 0.00000211. The van der Waals surface area contributed by atoms with Crippen molar-refractivity contribution in [3.63, 3.8) is 0 Å². The number of aromatic hydroxyl groups is 1. The molecule has 1 rings (SSSR count). The molecule has 1 aromatic carbocycles. The molecule has 0 aliphatic rings. The van der Waals surface area contributed by atoms with E-state index in [1.165, 1.54) is 0 Å². The molecule has 0 saturated heterocycles. The van der Waals surface area contributed by atoms with Crippen LogP contribution in [0, 0.1) is 0 Å². The summed E-state index contributed by atoms with van der Waals surface area (Å²) in [5.41, 5.74) is 2.83. The third kappa shape index (κ3) is 5.82. The van der Waals surface area contributed by atoms with Crippen molar-refractivity contribution in [1.29, 1.82) is 0 Å². The monoisotopic (exact) mass is 306 g/mol. The molecule has 1 aromatic rings. The molecular weight excluding hydrogens is 272 g/mol. The van der Waals surface area contributed by atoms with Crippen molar-refractivity contribution in [2.45, 2.75) is 86.0 Å². The zero-order chi connectivity index (χ0) is 17.7. The van der Waals surface area contributed by atoms with Crippen LogP contribution in [0.4, 0.5) is 0 Å². The summed E-state index contributed by atoms with van der Waals surface area (Å²) in [6, 6.07) is 4.10. The number of phenolic OH excluding ortho intramolecular Hbond substituents is 1. The van der Waals surface area contributed by atoms with Gasteiger partial charge in [-0.15, -0.1) is 0 Å². The van der Waals surface area contributed by atoms with E-state index in [1.54, 1.807) is 6.92 Å². The Morgan fingerprint density at radius 2 is 1.32 bits per heavy atom. The van der Waals surface area contributed by atoms with Crippen LogP contribution in [0.1, 0.15) is 85.4 Å². The molecule has 0 saturated carbocycles. The number of aryl methyl sites for hydroxylation is 1. The van der Waals surface area contributed by atoms with Gasteiger partial charge in [0.1, 0.15) is 11.5 Å². The first-order chi connectivity index (χ1) is 9.93. The molecule has 0 bridgehead atoms. The van der Waals surface area contributed by atoms with Crippen molar-refractivity contribution < 1.29 is 9.90 Å². The molecule has 2 nitrogen and oxygen atoms in total. The highest BCUT2D eigenvalue weighted by Crippen LogP contribution is 2.39. The van der Waals surface area contributed by atoms with Crippen LogP contribution in [-0.4, -0.2) is 10.9 Å². The van der Waals surface area contributed by atoms with Gasteiger partial charge in [-0.25, -0.2) is 0 Å². The second-order valence-electron chi connectivity index (χ2n) is 7.74. The van der Waals surface area contributed by atoms with E-state index in [2.05, 4.69) is 41.5 Å². The summed E-state index contributed by atoms with van der Waals surface area (Å²) >= 11 is 0. The Kier molecular flexibility index (Phi) is 7.34. The molecule has 22 heavy (non-hydrogen) atoms. The molecule has 0 heterocycles. The fourth-order valence-corrected chi connectivity index (χ4v) is 2.30. The molecule has 1 N–H and O–H groups in total. The van der Waals surface area contributed by atoms with Gasteiger partial charge in [-0.1, -0.05) is 67.5 Å². The summed E-state index contributed by atoms with van der Waals surface area (Å²) in [6.45, 7) is 18.2. The normalized spacial score (nSPS) is 11.7. The van der Waals surface area contributed by atoms with Crippen LogP contribution in [0.25, 0.3) is 0 Å². The van der Waals surface area contributed by atoms with Gasteiger partial charge in [-0.05, 0) is 40.9 Å². The predicted octanol–water partition coefficient (Wildman–Crippen LogP) is 5.54. The van der Waals surface area contributed by atoms with E-state index in [-0.39, 0.29) is 16.6 Å². The van der Waals surface area contributed by atoms with Crippen LogP contribution >= 0.6 is 0 Å². The minimum absolute atomic E-state index is 0.115. The number of hydrogen-bond donors (Lipinski definition) is 1. The van der Waals surface area contributed by atoms with E-state index in [4.69, 9.17) is 0 Å². The molecule has 0 aliphatic carbocycles. The molecule has 0 unspecified atom stereocenters. The van der Waals surface area contributed by atoms with Gasteiger partial charge in [0.15, 0.2) is 0 Å². The maximum atomic E-state index is 11.2. The van der Waals surface area contributed by atoms with Crippen molar-refractivity contribution in [3.05, 3.63) is 28.8 Å². The van der Waals surface area contributed by atoms with E-state index in [1.807, 2.05) is 26.0 Å². The topological polar surface area (TPSA) is 37.3 Å². The Bertz CT molecular complexity index is 464. The number of carbonyl (C=O) groups is 1. The summed E-state index contributed by atoms with van der Waals surface area (Å²) in [5.74, 6) is 0.601. The molecule has 0 atom stereocenters. The van der Waals surface area contributed by atoms with Gasteiger partial charge in [-0.3, -0.25) is 0 Å². The lowest BCUT2D eigenvalue weighted by Gasteiger charge is -2.28. The van der Waals surface area contributed by atoms with Gasteiger partial charge in [0.2, 0.25) is 0 Å². The summed E-state index contributed by atoms with van der Waals surface area (Å²) in [7, 11) is 0. The lowest BCUT2D eigenvalue weighted by molar-refractivity contribution is -0.116. The van der Waals surface area contributed by atoms with Crippen molar-refractivity contribution in [2.75, 3.05) is 0 Å². The van der Waals surface area contributed by atoms with Crippen LogP contribution in [0.2, 0.25) is 0 Å². The van der Waals surface area contributed by atoms with Gasteiger partial charge in [-0.2, -0.15) is 0 Å². The van der Waals surface area contributed by atoms with Crippen molar-refractivity contribution in [2.24, 2.45) is 0 Å². The van der Waals surface area contributed by atoms with E-state index in [0.29, 0.717) is 12.2 Å². The highest BCUT2D eigenvalue weighted by molar-refractivity contribution is 5.75. The number of phenols is 1. The third-order valence-corrected chi connectivity index (χ3v) is 3.55. The smallest absolute Gasteiger partial charge is 0.130 e. The molecule has 126 valence electrons. The maximum Gasteiger partial charge on any atom is 0.130 e. The summed E-state index contributed by atoms with van der Waals surface area (Å²) in [4.78, 5) is 11.2. The van der Waals surface area contributed by atoms with Crippen LogP contribution in [0.15, 0.2) is 12.1 Å². The maximum absolute atomic E-state index is 11.2. The Labute approximate surface area is 137 Å². The van der Waals surface area contributed by atoms with E-state index < -0.39 is 0 Å². The highest BCUT2D eigenvalue weighted by Gasteiger charge is 2.26. The summed E-state index contributed by atoms with van der Waals surface area (Å²) < 4.78 is 0. The van der Waals surface area contributed by atoms with Gasteiger partial charge in [0, 0.05) is 6.42 Å². The van der Waals surface area contributed by atoms with Crippen LogP contribution in [0.3, 0.4) is 0 Å². The summed E-state index contributed by atoms with van der Waals surface area (Å²) in [6.07, 6.45) is 1.29. The zero-order valence-corrected chi connectivity index (χ0v) is 15.9. The largest absolute Gasteiger partial charge is 0.507 e. The van der Waals surface area contributed by atoms with Crippen LogP contribution < -0.4 is 0 Å². The first kappa shape index (κ1) is 20.7. The number of carbonyl (C=O) groups excluding carboxylic acids is 1. The first-order valence-electron chi connectivity index (χ1n) is 8.29. The highest BCUT2D eigenvalue weighted by atomic mass is 16.3. The van der Waals surface area contributed by atoms with Gasteiger partial charge >= 0.3 is 0 Å². The Morgan fingerprint density at radius 3 is 1.59 bits per heavy atom. The lowest BCUT2D eigenvalue weighted by atomic mass is 9.78. The molecule has 0 radical (unpaired) electrons. The predicted molar refractivity (Wildman–Crippen MR) is 95.9 cm³/mol. The number of ketones is 1.